The number of likely N-dealkylation sites (N-methyl/N-ethyl adjacent to an activating group) is 1. The van der Waals surface area contributed by atoms with Gasteiger partial charge in [0.25, 0.3) is 0 Å². The monoisotopic (exact) mass is 258 g/mol. The van der Waals surface area contributed by atoms with Gasteiger partial charge in [0.15, 0.2) is 0 Å². The molecule has 3 atom stereocenters. The van der Waals surface area contributed by atoms with E-state index in [-0.39, 0.29) is 0 Å². The van der Waals surface area contributed by atoms with Gasteiger partial charge < -0.3 is 20.1 Å². The average Bonchev–Trinajstić information content (AvgIpc) is 2.25. The molecule has 4 heteroatoms. The molecule has 18 heavy (non-hydrogen) atoms. The Labute approximate surface area is 112 Å². The van der Waals surface area contributed by atoms with E-state index < -0.39 is 5.60 Å². The van der Waals surface area contributed by atoms with Crippen molar-refractivity contribution in [1.82, 2.24) is 10.2 Å². The third-order valence-corrected chi connectivity index (χ3v) is 3.49. The quantitative estimate of drug-likeness (QED) is 0.749. The summed E-state index contributed by atoms with van der Waals surface area (Å²) in [6, 6.07) is 0.472. The maximum Gasteiger partial charge on any atom is 0.0869 e. The molecule has 0 aliphatic carbocycles. The fourth-order valence-corrected chi connectivity index (χ4v) is 2.58. The summed E-state index contributed by atoms with van der Waals surface area (Å²) in [6.07, 6.45) is 2.45. The minimum absolute atomic E-state index is 0.357. The molecule has 1 saturated heterocycles. The smallest absolute Gasteiger partial charge is 0.0869 e. The third kappa shape index (κ3) is 5.65. The molecular formula is C14H30N2O2. The van der Waals surface area contributed by atoms with E-state index in [4.69, 9.17) is 4.74 Å². The first-order chi connectivity index (χ1) is 8.30. The molecule has 0 amide bonds. The molecule has 1 fully saturated rings. The van der Waals surface area contributed by atoms with Crippen molar-refractivity contribution in [3.63, 3.8) is 0 Å². The van der Waals surface area contributed by atoms with E-state index in [1.165, 1.54) is 0 Å². The molecule has 0 aromatic heterocycles. The minimum atomic E-state index is -0.671. The number of rotatable bonds is 6. The molecule has 0 radical (unpaired) electrons. The first-order valence-electron chi connectivity index (χ1n) is 7.02. The topological polar surface area (TPSA) is 44.7 Å². The summed E-state index contributed by atoms with van der Waals surface area (Å²) in [6.45, 7) is 8.44. The summed E-state index contributed by atoms with van der Waals surface area (Å²) in [4.78, 5) is 2.02. The molecule has 1 heterocycles. The maximum absolute atomic E-state index is 10.3. The molecule has 0 aromatic carbocycles. The normalized spacial score (nSPS) is 28.7. The number of nitrogens with one attached hydrogen (secondary N) is 1. The number of hydrogen-bond acceptors (Lipinski definition) is 4. The van der Waals surface area contributed by atoms with Crippen LogP contribution in [-0.4, -0.2) is 61.5 Å². The van der Waals surface area contributed by atoms with Crippen LogP contribution in [0.3, 0.4) is 0 Å². The van der Waals surface area contributed by atoms with Gasteiger partial charge in [-0.15, -0.1) is 0 Å². The number of nitrogens with zero attached hydrogens (tertiary/aromatic N) is 1. The van der Waals surface area contributed by atoms with Crippen LogP contribution in [0.4, 0.5) is 0 Å². The lowest BCUT2D eigenvalue weighted by atomic mass is 9.94. The minimum Gasteiger partial charge on any atom is -0.388 e. The average molecular weight is 258 g/mol. The van der Waals surface area contributed by atoms with Gasteiger partial charge in [0, 0.05) is 25.7 Å². The lowest BCUT2D eigenvalue weighted by Crippen LogP contribution is -2.50. The van der Waals surface area contributed by atoms with Crippen molar-refractivity contribution in [3.8, 4) is 0 Å². The zero-order valence-corrected chi connectivity index (χ0v) is 12.6. The predicted octanol–water partition coefficient (Wildman–Crippen LogP) is 1.09. The fourth-order valence-electron chi connectivity index (χ4n) is 2.58. The van der Waals surface area contributed by atoms with E-state index in [2.05, 4.69) is 19.2 Å². The van der Waals surface area contributed by atoms with Gasteiger partial charge in [0.1, 0.15) is 0 Å². The Balaban J connectivity index is 2.34. The summed E-state index contributed by atoms with van der Waals surface area (Å²) in [7, 11) is 3.97. The number of aliphatic hydroxyl groups is 1. The Morgan fingerprint density at radius 3 is 2.67 bits per heavy atom. The Hall–Kier alpha value is -0.160. The predicted molar refractivity (Wildman–Crippen MR) is 74.8 cm³/mol. The lowest BCUT2D eigenvalue weighted by Gasteiger charge is -2.35. The summed E-state index contributed by atoms with van der Waals surface area (Å²) in [5.41, 5.74) is -0.671. The zero-order valence-electron chi connectivity index (χ0n) is 12.6. The van der Waals surface area contributed by atoms with E-state index in [0.29, 0.717) is 31.2 Å². The molecule has 1 aliphatic heterocycles. The zero-order chi connectivity index (χ0) is 13.8. The Morgan fingerprint density at radius 1 is 1.44 bits per heavy atom. The van der Waals surface area contributed by atoms with Crippen LogP contribution in [0.5, 0.6) is 0 Å². The second kappa shape index (κ2) is 6.85. The maximum atomic E-state index is 10.3. The summed E-state index contributed by atoms with van der Waals surface area (Å²) < 4.78 is 5.76. The SMILES string of the molecule is CC(C)C1CC(NCC(C)(O)CN(C)C)CCO1. The van der Waals surface area contributed by atoms with Crippen LogP contribution >= 0.6 is 0 Å². The van der Waals surface area contributed by atoms with Crippen LogP contribution in [0.2, 0.25) is 0 Å². The third-order valence-electron chi connectivity index (χ3n) is 3.49. The Bertz CT molecular complexity index is 242. The van der Waals surface area contributed by atoms with Crippen LogP contribution in [0.15, 0.2) is 0 Å². The van der Waals surface area contributed by atoms with E-state index >= 15 is 0 Å². The molecular weight excluding hydrogens is 228 g/mol. The van der Waals surface area contributed by atoms with Crippen molar-refractivity contribution in [1.29, 1.82) is 0 Å². The van der Waals surface area contributed by atoms with E-state index in [1.807, 2.05) is 25.9 Å². The highest BCUT2D eigenvalue weighted by Crippen LogP contribution is 2.20. The highest BCUT2D eigenvalue weighted by Gasteiger charge is 2.27. The summed E-state index contributed by atoms with van der Waals surface area (Å²) in [5.74, 6) is 0.567. The fraction of sp³-hybridized carbons (Fsp3) is 1.00. The second-order valence-electron chi connectivity index (χ2n) is 6.49. The van der Waals surface area contributed by atoms with Crippen LogP contribution < -0.4 is 5.32 Å². The molecule has 0 bridgehead atoms. The molecule has 108 valence electrons. The van der Waals surface area contributed by atoms with Gasteiger partial charge in [-0.2, -0.15) is 0 Å². The molecule has 4 nitrogen and oxygen atoms in total. The van der Waals surface area contributed by atoms with Crippen molar-refractivity contribution in [2.45, 2.75) is 51.4 Å². The molecule has 1 aliphatic rings. The molecule has 1 rings (SSSR count). The van der Waals surface area contributed by atoms with Gasteiger partial charge >= 0.3 is 0 Å². The Kier molecular flexibility index (Phi) is 6.05. The number of ether oxygens (including phenoxy) is 1. The second-order valence-corrected chi connectivity index (χ2v) is 6.49. The van der Waals surface area contributed by atoms with Crippen molar-refractivity contribution in [2.24, 2.45) is 5.92 Å². The molecule has 3 unspecified atom stereocenters. The molecule has 0 saturated carbocycles. The van der Waals surface area contributed by atoms with Gasteiger partial charge in [-0.1, -0.05) is 13.8 Å². The van der Waals surface area contributed by atoms with Crippen LogP contribution in [-0.2, 0) is 4.74 Å². The summed E-state index contributed by atoms with van der Waals surface area (Å²) >= 11 is 0. The molecule has 0 spiro atoms. The van der Waals surface area contributed by atoms with E-state index in [9.17, 15) is 5.11 Å². The van der Waals surface area contributed by atoms with E-state index in [0.717, 1.165) is 19.4 Å². The molecule has 0 aromatic rings. The van der Waals surface area contributed by atoms with Gasteiger partial charge in [-0.25, -0.2) is 0 Å². The number of hydrogen-bond donors (Lipinski definition) is 2. The highest BCUT2D eigenvalue weighted by atomic mass is 16.5. The van der Waals surface area contributed by atoms with Crippen molar-refractivity contribution >= 4 is 0 Å². The summed E-state index contributed by atoms with van der Waals surface area (Å²) in [5, 5.41) is 13.8. The van der Waals surface area contributed by atoms with Gasteiger partial charge in [0.05, 0.1) is 11.7 Å². The lowest BCUT2D eigenvalue weighted by molar-refractivity contribution is -0.0306. The van der Waals surface area contributed by atoms with Gasteiger partial charge in [-0.05, 0) is 39.8 Å². The first kappa shape index (κ1) is 15.9. The van der Waals surface area contributed by atoms with Gasteiger partial charge in [0.2, 0.25) is 0 Å². The van der Waals surface area contributed by atoms with Crippen LogP contribution in [0, 0.1) is 5.92 Å². The van der Waals surface area contributed by atoms with Crippen molar-refractivity contribution < 1.29 is 9.84 Å². The van der Waals surface area contributed by atoms with Crippen molar-refractivity contribution in [3.05, 3.63) is 0 Å². The largest absolute Gasteiger partial charge is 0.388 e. The van der Waals surface area contributed by atoms with Crippen molar-refractivity contribution in [2.75, 3.05) is 33.8 Å². The first-order valence-corrected chi connectivity index (χ1v) is 7.02. The molecule has 2 N–H and O–H groups in total. The van der Waals surface area contributed by atoms with E-state index in [1.54, 1.807) is 0 Å². The standard InChI is InChI=1S/C14H30N2O2/c1-11(2)13-8-12(6-7-18-13)15-9-14(3,17)10-16(4)5/h11-13,15,17H,6-10H2,1-5H3. The Morgan fingerprint density at radius 2 is 2.11 bits per heavy atom. The van der Waals surface area contributed by atoms with Crippen LogP contribution in [0.25, 0.3) is 0 Å². The highest BCUT2D eigenvalue weighted by molar-refractivity contribution is 4.84. The van der Waals surface area contributed by atoms with Crippen LogP contribution in [0.1, 0.15) is 33.6 Å². The van der Waals surface area contributed by atoms with Gasteiger partial charge in [-0.3, -0.25) is 0 Å².